The number of rotatable bonds is 5. The van der Waals surface area contributed by atoms with Crippen molar-refractivity contribution in [3.05, 3.63) is 0 Å². The van der Waals surface area contributed by atoms with Crippen LogP contribution >= 0.6 is 0 Å². The first kappa shape index (κ1) is 22.7. The van der Waals surface area contributed by atoms with Crippen LogP contribution in [0.4, 0.5) is 0 Å². The molecule has 0 radical (unpaired) electrons. The second-order valence-electron chi connectivity index (χ2n) is 17.1. The van der Waals surface area contributed by atoms with E-state index in [1.807, 2.05) is 0 Å². The smallest absolute Gasteiger partial charge is 0.233 e. The Morgan fingerprint density at radius 2 is 0.676 bits per heavy atom. The Morgan fingerprint density at radius 3 is 0.946 bits per heavy atom. The van der Waals surface area contributed by atoms with Gasteiger partial charge in [-0.3, -0.25) is 9.59 Å². The molecule has 0 saturated heterocycles. The van der Waals surface area contributed by atoms with E-state index in [2.05, 4.69) is 10.6 Å². The van der Waals surface area contributed by atoms with Gasteiger partial charge in [0.15, 0.2) is 0 Å². The molecule has 0 unspecified atom stereocenters. The molecule has 37 heavy (non-hydrogen) atoms. The highest BCUT2D eigenvalue weighted by Crippen LogP contribution is 2.64. The molecule has 0 atom stereocenters. The van der Waals surface area contributed by atoms with Crippen LogP contribution in [0.3, 0.4) is 0 Å². The Labute approximate surface area is 223 Å². The number of hydrogen-bond donors (Lipinski definition) is 2. The molecule has 12 bridgehead atoms. The monoisotopic (exact) mass is 504 g/mol. The second kappa shape index (κ2) is 7.57. The summed E-state index contributed by atoms with van der Waals surface area (Å²) in [7, 11) is 0. The average Bonchev–Trinajstić information content (AvgIpc) is 2.75. The lowest BCUT2D eigenvalue weighted by Gasteiger charge is -2.61. The largest absolute Gasteiger partial charge is 0.350 e. The van der Waals surface area contributed by atoms with Crippen LogP contribution in [-0.4, -0.2) is 22.9 Å². The average molecular weight is 505 g/mol. The molecule has 4 heteroatoms. The predicted molar refractivity (Wildman–Crippen MR) is 142 cm³/mol. The highest BCUT2D eigenvalue weighted by molar-refractivity contribution is 6.02. The predicted octanol–water partition coefficient (Wildman–Crippen LogP) is 5.99. The summed E-state index contributed by atoms with van der Waals surface area (Å²) < 4.78 is 0. The normalized spacial score (nSPS) is 56.5. The van der Waals surface area contributed by atoms with Crippen LogP contribution in [0.25, 0.3) is 0 Å². The summed E-state index contributed by atoms with van der Waals surface area (Å²) in [5.74, 6) is 6.97. The quantitative estimate of drug-likeness (QED) is 0.452. The van der Waals surface area contributed by atoms with Gasteiger partial charge < -0.3 is 10.6 Å². The number of nitrogens with one attached hydrogen (secondary N) is 2. The molecule has 12 fully saturated rings. The number of carbonyl (C=O) groups is 2. The summed E-state index contributed by atoms with van der Waals surface area (Å²) in [6.45, 7) is 0. The van der Waals surface area contributed by atoms with Gasteiger partial charge in [-0.1, -0.05) is 0 Å². The van der Waals surface area contributed by atoms with Crippen LogP contribution < -0.4 is 10.6 Å². The fourth-order valence-corrected chi connectivity index (χ4v) is 14.4. The third kappa shape index (κ3) is 3.51. The van der Waals surface area contributed by atoms with E-state index in [-0.39, 0.29) is 28.3 Å². The van der Waals surface area contributed by atoms with Crippen molar-refractivity contribution in [2.45, 2.75) is 127 Å². The molecule has 0 aromatic heterocycles. The highest BCUT2D eigenvalue weighted by atomic mass is 16.2. The lowest BCUT2D eigenvalue weighted by Crippen LogP contribution is -2.66. The van der Waals surface area contributed by atoms with E-state index in [0.29, 0.717) is 0 Å². The van der Waals surface area contributed by atoms with E-state index in [9.17, 15) is 9.59 Å². The minimum absolute atomic E-state index is 0.00660. The van der Waals surface area contributed by atoms with Gasteiger partial charge in [0.25, 0.3) is 0 Å². The molecule has 0 aromatic rings. The molecular formula is C33H48N2O2. The van der Waals surface area contributed by atoms with Crippen LogP contribution in [0.5, 0.6) is 0 Å². The molecule has 12 saturated carbocycles. The Kier molecular flexibility index (Phi) is 4.65. The van der Waals surface area contributed by atoms with Crippen molar-refractivity contribution >= 4 is 11.8 Å². The number of hydrogen-bond acceptors (Lipinski definition) is 2. The van der Waals surface area contributed by atoms with Gasteiger partial charge in [0.2, 0.25) is 11.8 Å². The summed E-state index contributed by atoms with van der Waals surface area (Å²) in [5.41, 5.74) is -0.0891. The summed E-state index contributed by atoms with van der Waals surface area (Å²) >= 11 is 0. The van der Waals surface area contributed by atoms with Crippen molar-refractivity contribution in [2.75, 3.05) is 0 Å². The van der Waals surface area contributed by atoms with Gasteiger partial charge in [-0.05, 0) is 174 Å². The highest BCUT2D eigenvalue weighted by Gasteiger charge is 2.61. The van der Waals surface area contributed by atoms with Gasteiger partial charge in [0, 0.05) is 11.1 Å². The Bertz CT molecular complexity index is 850. The maximum Gasteiger partial charge on any atom is 0.233 e. The molecule has 2 N–H and O–H groups in total. The Hall–Kier alpha value is -1.06. The minimum atomic E-state index is -0.457. The van der Waals surface area contributed by atoms with E-state index < -0.39 is 5.92 Å². The zero-order valence-corrected chi connectivity index (χ0v) is 22.8. The zero-order valence-electron chi connectivity index (χ0n) is 22.8. The molecular weight excluding hydrogens is 456 g/mol. The number of carbonyl (C=O) groups excluding carboxylic acids is 2. The Morgan fingerprint density at radius 1 is 0.432 bits per heavy atom. The zero-order chi connectivity index (χ0) is 24.6. The van der Waals surface area contributed by atoms with E-state index in [1.54, 1.807) is 0 Å². The summed E-state index contributed by atoms with van der Waals surface area (Å²) in [6, 6.07) is 0. The van der Waals surface area contributed by atoms with Gasteiger partial charge in [0.1, 0.15) is 5.92 Å². The molecule has 202 valence electrons. The van der Waals surface area contributed by atoms with Crippen LogP contribution in [0.15, 0.2) is 0 Å². The lowest BCUT2D eigenvalue weighted by atomic mass is 9.46. The summed E-state index contributed by atoms with van der Waals surface area (Å²) in [6.07, 6.45) is 22.9. The van der Waals surface area contributed by atoms with E-state index in [0.717, 1.165) is 72.5 Å². The van der Waals surface area contributed by atoms with E-state index in [1.165, 1.54) is 96.3 Å². The third-order valence-corrected chi connectivity index (χ3v) is 14.1. The van der Waals surface area contributed by atoms with Crippen molar-refractivity contribution < 1.29 is 9.59 Å². The third-order valence-electron chi connectivity index (χ3n) is 14.1. The molecule has 0 aromatic carbocycles. The maximum absolute atomic E-state index is 14.6. The van der Waals surface area contributed by atoms with Crippen LogP contribution in [0.2, 0.25) is 0 Å². The maximum atomic E-state index is 14.6. The van der Waals surface area contributed by atoms with Gasteiger partial charge in [-0.15, -0.1) is 0 Å². The van der Waals surface area contributed by atoms with Gasteiger partial charge in [-0.2, -0.15) is 0 Å². The van der Waals surface area contributed by atoms with Crippen molar-refractivity contribution in [2.24, 2.45) is 64.6 Å². The van der Waals surface area contributed by atoms with Crippen molar-refractivity contribution in [1.82, 2.24) is 10.6 Å². The van der Waals surface area contributed by atoms with Crippen LogP contribution in [0, 0.1) is 64.6 Å². The molecule has 0 heterocycles. The standard InChI is InChI=1S/C33H48N2O2/c36-29(34-32-13-22-4-23(14-32)6-24(5-22)15-32)28(31-10-19-1-20(11-31)3-21(2-19)12-31)30(37)35-33-16-25-7-26(17-33)9-27(8-25)18-33/h19-28H,1-18H2,(H,34,36)(H,35,37). The lowest BCUT2D eigenvalue weighted by molar-refractivity contribution is -0.158. The van der Waals surface area contributed by atoms with Crippen molar-refractivity contribution in [1.29, 1.82) is 0 Å². The second-order valence-corrected chi connectivity index (χ2v) is 17.1. The first-order chi connectivity index (χ1) is 17.8. The first-order valence-corrected chi connectivity index (χ1v) is 16.5. The van der Waals surface area contributed by atoms with Gasteiger partial charge >= 0.3 is 0 Å². The van der Waals surface area contributed by atoms with Gasteiger partial charge in [0.05, 0.1) is 0 Å². The van der Waals surface area contributed by atoms with Crippen LogP contribution in [-0.2, 0) is 9.59 Å². The van der Waals surface area contributed by atoms with E-state index in [4.69, 9.17) is 0 Å². The fourth-order valence-electron chi connectivity index (χ4n) is 14.4. The van der Waals surface area contributed by atoms with Gasteiger partial charge in [-0.25, -0.2) is 0 Å². The number of amides is 2. The van der Waals surface area contributed by atoms with Crippen LogP contribution in [0.1, 0.15) is 116 Å². The minimum Gasteiger partial charge on any atom is -0.350 e. The van der Waals surface area contributed by atoms with Crippen molar-refractivity contribution in [3.8, 4) is 0 Å². The molecule has 4 nitrogen and oxygen atoms in total. The summed E-state index contributed by atoms with van der Waals surface area (Å²) in [5, 5.41) is 7.48. The molecule has 0 spiro atoms. The SMILES string of the molecule is O=C(NC12CC3CC(CC(C3)C1)C2)C(C(=O)NC12CC3CC(CC(C3)C1)C2)C12CC3CC(CC(C3)C1)C2. The molecule has 0 aliphatic heterocycles. The summed E-state index contributed by atoms with van der Waals surface area (Å²) in [4.78, 5) is 29.2. The topological polar surface area (TPSA) is 58.2 Å². The first-order valence-electron chi connectivity index (χ1n) is 16.5. The molecule has 12 rings (SSSR count). The Balaban J connectivity index is 1.03. The molecule has 12 aliphatic rings. The molecule has 12 aliphatic carbocycles. The van der Waals surface area contributed by atoms with E-state index >= 15 is 0 Å². The fraction of sp³-hybridized carbons (Fsp3) is 0.939. The molecule has 2 amide bonds. The van der Waals surface area contributed by atoms with Crippen molar-refractivity contribution in [3.63, 3.8) is 0 Å².